The van der Waals surface area contributed by atoms with Crippen LogP contribution < -0.4 is 9.64 Å². The molecule has 2 aliphatic heterocycles. The smallest absolute Gasteiger partial charge is 0.241 e. The number of carbonyl (C=O) groups is 4. The van der Waals surface area contributed by atoms with Crippen LogP contribution in [-0.2, 0) is 19.2 Å². The van der Waals surface area contributed by atoms with Crippen LogP contribution >= 0.6 is 43.5 Å². The molecule has 2 aromatic carbocycles. The summed E-state index contributed by atoms with van der Waals surface area (Å²) in [6.45, 7) is 7.19. The average molecular weight is 753 g/mol. The lowest BCUT2D eigenvalue weighted by Gasteiger charge is -2.49. The summed E-state index contributed by atoms with van der Waals surface area (Å²) in [5.41, 5.74) is -0.595. The molecule has 4 amide bonds. The van der Waals surface area contributed by atoms with Gasteiger partial charge in [0.05, 0.1) is 45.5 Å². The second-order valence-electron chi connectivity index (χ2n) is 13.1. The molecule has 2 aromatic rings. The predicted molar refractivity (Wildman–Crippen MR) is 168 cm³/mol. The van der Waals surface area contributed by atoms with Crippen molar-refractivity contribution in [3.8, 4) is 11.5 Å². The Morgan fingerprint density at radius 3 is 2.34 bits per heavy atom. The zero-order valence-corrected chi connectivity index (χ0v) is 28.5. The Labute approximate surface area is 275 Å². The molecule has 6 rings (SSSR count). The van der Waals surface area contributed by atoms with Crippen molar-refractivity contribution in [1.29, 1.82) is 0 Å². The van der Waals surface area contributed by atoms with E-state index in [1.165, 1.54) is 24.1 Å². The highest BCUT2D eigenvalue weighted by molar-refractivity contribution is 9.13. The topological polar surface area (TPSA) is 104 Å². The molecular weight excluding hydrogens is 723 g/mol. The SMILES string of the molecule is COc1cc([C@H]2C3=CC[C@@H]4C(=O)N(C(C)(C)C)C(=O)[C@@H]4[C@@H]3C[C@H]3C(=O)N(c4ccc(F)c(Cl)c4)C(=O)[C@@]23C)c(Br)c(Br)c1O. The number of carbonyl (C=O) groups excluding carboxylic acids is 4. The van der Waals surface area contributed by atoms with Gasteiger partial charge in [-0.3, -0.25) is 24.1 Å². The van der Waals surface area contributed by atoms with E-state index < -0.39 is 58.2 Å². The molecule has 0 radical (unpaired) electrons. The van der Waals surface area contributed by atoms with E-state index in [9.17, 15) is 28.7 Å². The number of methoxy groups -OCH3 is 1. The quantitative estimate of drug-likeness (QED) is 0.275. The first-order valence-electron chi connectivity index (χ1n) is 14.2. The third-order valence-corrected chi connectivity index (χ3v) is 12.3. The first-order chi connectivity index (χ1) is 20.5. The lowest BCUT2D eigenvalue weighted by molar-refractivity contribution is -0.145. The van der Waals surface area contributed by atoms with Crippen LogP contribution in [0.25, 0.3) is 0 Å². The summed E-state index contributed by atoms with van der Waals surface area (Å²) in [4.78, 5) is 58.9. The Hall–Kier alpha value is -2.76. The fourth-order valence-corrected chi connectivity index (χ4v) is 9.00. The number of halogens is 4. The van der Waals surface area contributed by atoms with E-state index in [0.29, 0.717) is 20.9 Å². The van der Waals surface area contributed by atoms with Crippen molar-refractivity contribution >= 4 is 72.8 Å². The predicted octanol–water partition coefficient (Wildman–Crippen LogP) is 6.75. The number of phenolic OH excluding ortho intramolecular Hbond substituents is 1. The third-order valence-electron chi connectivity index (χ3n) is 9.81. The maximum Gasteiger partial charge on any atom is 0.241 e. The number of nitrogens with zero attached hydrogens (tertiary/aromatic N) is 2. The fraction of sp³-hybridized carbons (Fsp3) is 0.438. The summed E-state index contributed by atoms with van der Waals surface area (Å²) < 4.78 is 20.3. The van der Waals surface area contributed by atoms with Crippen molar-refractivity contribution in [1.82, 2.24) is 4.90 Å². The largest absolute Gasteiger partial charge is 0.503 e. The lowest BCUT2D eigenvalue weighted by Crippen LogP contribution is -2.49. The van der Waals surface area contributed by atoms with Crippen LogP contribution in [0.2, 0.25) is 5.02 Å². The number of amides is 4. The number of hydrogen-bond acceptors (Lipinski definition) is 6. The van der Waals surface area contributed by atoms with Gasteiger partial charge in [0, 0.05) is 15.9 Å². The molecule has 2 heterocycles. The van der Waals surface area contributed by atoms with Gasteiger partial charge in [0.2, 0.25) is 23.6 Å². The van der Waals surface area contributed by atoms with E-state index in [0.717, 1.165) is 16.5 Å². The maximum atomic E-state index is 14.6. The number of allylic oxidation sites excluding steroid dienone is 2. The molecule has 6 atom stereocenters. The molecule has 8 nitrogen and oxygen atoms in total. The number of ether oxygens (including phenoxy) is 1. The van der Waals surface area contributed by atoms with E-state index in [2.05, 4.69) is 31.9 Å². The summed E-state index contributed by atoms with van der Waals surface area (Å²) in [7, 11) is 1.41. The van der Waals surface area contributed by atoms with E-state index in [1.54, 1.807) is 13.0 Å². The first kappa shape index (κ1) is 31.2. The molecule has 2 aliphatic carbocycles. The van der Waals surface area contributed by atoms with Crippen LogP contribution in [0.3, 0.4) is 0 Å². The second-order valence-corrected chi connectivity index (χ2v) is 15.1. The van der Waals surface area contributed by atoms with E-state index in [-0.39, 0.29) is 40.4 Å². The monoisotopic (exact) mass is 750 g/mol. The number of aromatic hydroxyl groups is 1. The highest BCUT2D eigenvalue weighted by Gasteiger charge is 2.68. The van der Waals surface area contributed by atoms with Gasteiger partial charge in [0.1, 0.15) is 5.82 Å². The van der Waals surface area contributed by atoms with Gasteiger partial charge < -0.3 is 9.84 Å². The van der Waals surface area contributed by atoms with Gasteiger partial charge in [0.25, 0.3) is 0 Å². The van der Waals surface area contributed by atoms with Crippen molar-refractivity contribution in [2.75, 3.05) is 12.0 Å². The van der Waals surface area contributed by atoms with Crippen molar-refractivity contribution in [2.24, 2.45) is 29.1 Å². The summed E-state index contributed by atoms with van der Waals surface area (Å²) >= 11 is 13.1. The summed E-state index contributed by atoms with van der Waals surface area (Å²) in [5.74, 6) is -5.63. The minimum atomic E-state index is -1.35. The number of rotatable bonds is 3. The van der Waals surface area contributed by atoms with E-state index in [1.807, 2.05) is 26.8 Å². The van der Waals surface area contributed by atoms with Crippen molar-refractivity contribution in [3.63, 3.8) is 0 Å². The Morgan fingerprint density at radius 2 is 1.73 bits per heavy atom. The summed E-state index contributed by atoms with van der Waals surface area (Å²) in [6.07, 6.45) is 2.42. The molecule has 0 spiro atoms. The van der Waals surface area contributed by atoms with Gasteiger partial charge in [-0.25, -0.2) is 9.29 Å². The minimum absolute atomic E-state index is 0.144. The molecule has 2 saturated heterocycles. The summed E-state index contributed by atoms with van der Waals surface area (Å²) in [6, 6.07) is 5.33. The molecule has 44 heavy (non-hydrogen) atoms. The fourth-order valence-electron chi connectivity index (χ4n) is 7.87. The highest BCUT2D eigenvalue weighted by Crippen LogP contribution is 2.65. The van der Waals surface area contributed by atoms with Crippen LogP contribution in [0.5, 0.6) is 11.5 Å². The number of benzene rings is 2. The molecule has 4 aliphatic rings. The summed E-state index contributed by atoms with van der Waals surface area (Å²) in [5, 5.41) is 10.5. The standard InChI is InChI=1S/C32H30Br2ClFN2O6/c1-31(2,3)38-27(40)15-8-7-14-16(22(15)29(38)42)11-18-28(41)37(13-6-9-20(36)19(35)10-13)30(43)32(18,4)23(14)17-12-21(44-5)26(39)25(34)24(17)33/h6-7,9-10,12,15-16,18,22-23,39H,8,11H2,1-5H3/t15-,16+,18-,22-,23+,32+/m0/s1. The van der Waals surface area contributed by atoms with Crippen LogP contribution in [0.1, 0.15) is 52.0 Å². The molecular formula is C32H30Br2ClFN2O6. The first-order valence-corrected chi connectivity index (χ1v) is 16.2. The zero-order chi connectivity index (χ0) is 32.2. The highest BCUT2D eigenvalue weighted by atomic mass is 79.9. The van der Waals surface area contributed by atoms with Crippen molar-refractivity contribution in [3.05, 3.63) is 61.3 Å². The molecule has 0 bridgehead atoms. The molecule has 0 unspecified atom stereocenters. The van der Waals surface area contributed by atoms with Crippen LogP contribution in [-0.4, -0.2) is 46.3 Å². The maximum absolute atomic E-state index is 14.6. The normalized spacial score (nSPS) is 29.9. The molecule has 1 N–H and O–H groups in total. The van der Waals surface area contributed by atoms with E-state index >= 15 is 0 Å². The van der Waals surface area contributed by atoms with Gasteiger partial charge in [-0.1, -0.05) is 23.3 Å². The Balaban J connectivity index is 1.58. The van der Waals surface area contributed by atoms with Crippen LogP contribution in [0.4, 0.5) is 10.1 Å². The number of likely N-dealkylation sites (tertiary alicyclic amines) is 1. The van der Waals surface area contributed by atoms with Crippen LogP contribution in [0, 0.1) is 34.9 Å². The van der Waals surface area contributed by atoms with Crippen LogP contribution in [0.15, 0.2) is 44.9 Å². The Bertz CT molecular complexity index is 1710. The second kappa shape index (κ2) is 10.4. The third kappa shape index (κ3) is 4.17. The van der Waals surface area contributed by atoms with E-state index in [4.69, 9.17) is 16.3 Å². The number of imide groups is 2. The molecule has 3 fully saturated rings. The number of fused-ring (bicyclic) bond motifs is 4. The molecule has 1 saturated carbocycles. The number of phenols is 1. The van der Waals surface area contributed by atoms with Gasteiger partial charge in [-0.15, -0.1) is 0 Å². The minimum Gasteiger partial charge on any atom is -0.503 e. The Morgan fingerprint density at radius 1 is 1.05 bits per heavy atom. The lowest BCUT2D eigenvalue weighted by atomic mass is 9.51. The van der Waals surface area contributed by atoms with Gasteiger partial charge in [0.15, 0.2) is 11.5 Å². The molecule has 232 valence electrons. The van der Waals surface area contributed by atoms with Gasteiger partial charge in [-0.05, 0) is 108 Å². The van der Waals surface area contributed by atoms with Crippen molar-refractivity contribution < 1.29 is 33.4 Å². The Kier molecular flexibility index (Phi) is 7.37. The molecule has 0 aromatic heterocycles. The average Bonchev–Trinajstić information content (AvgIpc) is 3.33. The van der Waals surface area contributed by atoms with Gasteiger partial charge >= 0.3 is 0 Å². The number of hydrogen-bond donors (Lipinski definition) is 1. The molecule has 12 heteroatoms. The zero-order valence-electron chi connectivity index (χ0n) is 24.6. The number of anilines is 1. The van der Waals surface area contributed by atoms with Gasteiger partial charge in [-0.2, -0.15) is 0 Å². The van der Waals surface area contributed by atoms with Crippen molar-refractivity contribution in [2.45, 2.75) is 52.0 Å².